The van der Waals surface area contributed by atoms with Crippen LogP contribution in [0.2, 0.25) is 0 Å². The number of carbonyl (C=O) groups is 1. The number of halogens is 1. The Bertz CT molecular complexity index is 568. The summed E-state index contributed by atoms with van der Waals surface area (Å²) in [4.78, 5) is 25.0. The first-order chi connectivity index (χ1) is 11.2. The third-order valence-electron chi connectivity index (χ3n) is 3.84. The van der Waals surface area contributed by atoms with Crippen LogP contribution in [0, 0.1) is 0 Å². The van der Waals surface area contributed by atoms with Gasteiger partial charge < -0.3 is 24.0 Å². The van der Waals surface area contributed by atoms with Crippen molar-refractivity contribution < 1.29 is 19.0 Å². The maximum atomic E-state index is 12.6. The van der Waals surface area contributed by atoms with Gasteiger partial charge in [-0.15, -0.1) is 0 Å². The fourth-order valence-electron chi connectivity index (χ4n) is 2.61. The number of hydrogen-bond donors (Lipinski definition) is 0. The van der Waals surface area contributed by atoms with Gasteiger partial charge in [0.1, 0.15) is 0 Å². The number of anilines is 1. The largest absolute Gasteiger partial charge is 0.480 e. The van der Waals surface area contributed by atoms with Gasteiger partial charge in [0.15, 0.2) is 6.10 Å². The minimum absolute atomic E-state index is 0.00192. The zero-order chi connectivity index (χ0) is 16.2. The number of amides is 1. The van der Waals surface area contributed by atoms with Gasteiger partial charge >= 0.3 is 0 Å². The van der Waals surface area contributed by atoms with Crippen molar-refractivity contribution in [3.05, 3.63) is 10.7 Å². The molecule has 2 aliphatic heterocycles. The van der Waals surface area contributed by atoms with Crippen LogP contribution in [0.3, 0.4) is 0 Å². The number of ether oxygens (including phenoxy) is 3. The van der Waals surface area contributed by atoms with Crippen molar-refractivity contribution in [2.75, 3.05) is 58.0 Å². The molecule has 2 fully saturated rings. The van der Waals surface area contributed by atoms with Gasteiger partial charge in [0.2, 0.25) is 11.8 Å². The molecule has 3 rings (SSSR count). The summed E-state index contributed by atoms with van der Waals surface area (Å²) < 4.78 is 16.8. The van der Waals surface area contributed by atoms with Gasteiger partial charge in [-0.05, 0) is 15.9 Å². The van der Waals surface area contributed by atoms with Gasteiger partial charge in [0.25, 0.3) is 5.91 Å². The normalized spacial score (nSPS) is 22.1. The lowest BCUT2D eigenvalue weighted by Crippen LogP contribution is -2.53. The maximum Gasteiger partial charge on any atom is 0.253 e. The lowest BCUT2D eigenvalue weighted by Gasteiger charge is -2.36. The molecule has 126 valence electrons. The lowest BCUT2D eigenvalue weighted by molar-refractivity contribution is -0.148. The Labute approximate surface area is 142 Å². The fourth-order valence-corrected chi connectivity index (χ4v) is 2.96. The third-order valence-corrected chi connectivity index (χ3v) is 4.38. The molecule has 1 aromatic heterocycles. The van der Waals surface area contributed by atoms with E-state index in [1.165, 1.54) is 0 Å². The van der Waals surface area contributed by atoms with Gasteiger partial charge in [-0.25, -0.2) is 4.98 Å². The van der Waals surface area contributed by atoms with E-state index in [2.05, 4.69) is 25.9 Å². The van der Waals surface area contributed by atoms with Crippen LogP contribution in [0.25, 0.3) is 0 Å². The SMILES string of the molecule is COc1nc(N2CCOC(C(=O)N3CCOCC3)C2)ncc1Br. The molecular formula is C14H19BrN4O4. The summed E-state index contributed by atoms with van der Waals surface area (Å²) in [6.45, 7) is 3.91. The summed E-state index contributed by atoms with van der Waals surface area (Å²) >= 11 is 3.34. The first kappa shape index (κ1) is 16.4. The Hall–Kier alpha value is -1.45. The van der Waals surface area contributed by atoms with E-state index in [9.17, 15) is 4.79 Å². The van der Waals surface area contributed by atoms with Crippen LogP contribution in [-0.4, -0.2) is 80.0 Å². The van der Waals surface area contributed by atoms with Crippen molar-refractivity contribution in [3.63, 3.8) is 0 Å². The number of rotatable bonds is 3. The van der Waals surface area contributed by atoms with Crippen molar-refractivity contribution in [2.45, 2.75) is 6.10 Å². The van der Waals surface area contributed by atoms with Crippen molar-refractivity contribution in [1.82, 2.24) is 14.9 Å². The van der Waals surface area contributed by atoms with Crippen LogP contribution in [0.4, 0.5) is 5.95 Å². The quantitative estimate of drug-likeness (QED) is 0.739. The number of aromatic nitrogens is 2. The minimum Gasteiger partial charge on any atom is -0.480 e. The van der Waals surface area contributed by atoms with Crippen LogP contribution < -0.4 is 9.64 Å². The first-order valence-electron chi connectivity index (χ1n) is 7.48. The summed E-state index contributed by atoms with van der Waals surface area (Å²) in [7, 11) is 1.56. The number of nitrogens with zero attached hydrogens (tertiary/aromatic N) is 4. The molecule has 0 spiro atoms. The van der Waals surface area contributed by atoms with E-state index in [1.807, 2.05) is 4.90 Å². The van der Waals surface area contributed by atoms with Crippen molar-refractivity contribution in [3.8, 4) is 5.88 Å². The summed E-state index contributed by atoms with van der Waals surface area (Å²) in [6, 6.07) is 0. The monoisotopic (exact) mass is 386 g/mol. The van der Waals surface area contributed by atoms with E-state index in [1.54, 1.807) is 18.2 Å². The molecule has 0 aromatic carbocycles. The van der Waals surface area contributed by atoms with Crippen LogP contribution in [0.1, 0.15) is 0 Å². The summed E-state index contributed by atoms with van der Waals surface area (Å²) in [5, 5.41) is 0. The van der Waals surface area contributed by atoms with Crippen LogP contribution in [0.5, 0.6) is 5.88 Å². The van der Waals surface area contributed by atoms with E-state index in [0.29, 0.717) is 62.3 Å². The highest BCUT2D eigenvalue weighted by Crippen LogP contribution is 2.24. The molecule has 8 nitrogen and oxygen atoms in total. The Morgan fingerprint density at radius 3 is 2.87 bits per heavy atom. The van der Waals surface area contributed by atoms with Crippen LogP contribution in [-0.2, 0) is 14.3 Å². The first-order valence-corrected chi connectivity index (χ1v) is 8.28. The van der Waals surface area contributed by atoms with Crippen molar-refractivity contribution in [1.29, 1.82) is 0 Å². The Kier molecular flexibility index (Phi) is 5.29. The zero-order valence-electron chi connectivity index (χ0n) is 12.9. The lowest BCUT2D eigenvalue weighted by atomic mass is 10.2. The molecule has 2 aliphatic rings. The van der Waals surface area contributed by atoms with Gasteiger partial charge in [-0.3, -0.25) is 4.79 Å². The van der Waals surface area contributed by atoms with Crippen LogP contribution in [0.15, 0.2) is 10.7 Å². The Morgan fingerprint density at radius 1 is 1.35 bits per heavy atom. The molecule has 1 atom stereocenters. The highest BCUT2D eigenvalue weighted by molar-refractivity contribution is 9.10. The summed E-state index contributed by atoms with van der Waals surface area (Å²) in [5.74, 6) is 1.01. The van der Waals surface area contributed by atoms with E-state index in [0.717, 1.165) is 0 Å². The Balaban J connectivity index is 1.69. The molecule has 1 aromatic rings. The fraction of sp³-hybridized carbons (Fsp3) is 0.643. The van der Waals surface area contributed by atoms with Crippen LogP contribution >= 0.6 is 15.9 Å². The van der Waals surface area contributed by atoms with Gasteiger partial charge in [-0.2, -0.15) is 4.98 Å². The number of carbonyl (C=O) groups excluding carboxylic acids is 1. The molecule has 9 heteroatoms. The number of morpholine rings is 2. The Morgan fingerprint density at radius 2 is 2.13 bits per heavy atom. The standard InChI is InChI=1S/C14H19BrN4O4/c1-21-12-10(15)8-16-14(17-12)19-4-7-23-11(9-19)13(20)18-2-5-22-6-3-18/h8,11H,2-7,9H2,1H3. The molecule has 2 saturated heterocycles. The van der Waals surface area contributed by atoms with Crippen molar-refractivity contribution >= 4 is 27.8 Å². The average Bonchev–Trinajstić information content (AvgIpc) is 2.62. The smallest absolute Gasteiger partial charge is 0.253 e. The predicted octanol–water partition coefficient (Wildman–Crippen LogP) is 0.312. The van der Waals surface area contributed by atoms with Gasteiger partial charge in [0.05, 0.1) is 44.1 Å². The molecule has 1 unspecified atom stereocenters. The molecule has 0 N–H and O–H groups in total. The minimum atomic E-state index is -0.500. The number of methoxy groups -OCH3 is 1. The molecule has 0 aliphatic carbocycles. The summed E-state index contributed by atoms with van der Waals surface area (Å²) in [5.41, 5.74) is 0. The number of hydrogen-bond acceptors (Lipinski definition) is 7. The molecule has 0 saturated carbocycles. The third kappa shape index (κ3) is 3.73. The van der Waals surface area contributed by atoms with E-state index in [4.69, 9.17) is 14.2 Å². The summed E-state index contributed by atoms with van der Waals surface area (Å²) in [6.07, 6.45) is 1.15. The molecule has 0 radical (unpaired) electrons. The highest BCUT2D eigenvalue weighted by Gasteiger charge is 2.32. The highest BCUT2D eigenvalue weighted by atomic mass is 79.9. The average molecular weight is 387 g/mol. The maximum absolute atomic E-state index is 12.6. The van der Waals surface area contributed by atoms with E-state index >= 15 is 0 Å². The molecule has 23 heavy (non-hydrogen) atoms. The molecular weight excluding hydrogens is 368 g/mol. The van der Waals surface area contributed by atoms with E-state index < -0.39 is 6.10 Å². The molecule has 1 amide bonds. The zero-order valence-corrected chi connectivity index (χ0v) is 14.5. The van der Waals surface area contributed by atoms with Gasteiger partial charge in [0, 0.05) is 19.6 Å². The molecule has 0 bridgehead atoms. The predicted molar refractivity (Wildman–Crippen MR) is 85.6 cm³/mol. The van der Waals surface area contributed by atoms with Gasteiger partial charge in [-0.1, -0.05) is 0 Å². The second kappa shape index (κ2) is 7.41. The second-order valence-electron chi connectivity index (χ2n) is 5.27. The topological polar surface area (TPSA) is 77.0 Å². The van der Waals surface area contributed by atoms with E-state index in [-0.39, 0.29) is 5.91 Å². The second-order valence-corrected chi connectivity index (χ2v) is 6.12. The molecule has 3 heterocycles. The van der Waals surface area contributed by atoms with Crippen molar-refractivity contribution in [2.24, 2.45) is 0 Å².